The van der Waals surface area contributed by atoms with Gasteiger partial charge in [0.15, 0.2) is 5.78 Å². The van der Waals surface area contributed by atoms with E-state index in [1.807, 2.05) is 34.6 Å². The van der Waals surface area contributed by atoms with Crippen LogP contribution in [-0.4, -0.2) is 68.2 Å². The molecule has 59 heavy (non-hydrogen) atoms. The molecule has 0 aliphatic carbocycles. The molecule has 0 saturated carbocycles. The molecule has 2 amide bonds. The summed E-state index contributed by atoms with van der Waals surface area (Å²) in [5.74, 6) is -4.44. The van der Waals surface area contributed by atoms with Crippen LogP contribution in [0.4, 0.5) is 0 Å². The first kappa shape index (κ1) is 44.2. The second-order valence-electron chi connectivity index (χ2n) is 15.9. The zero-order valence-corrected chi connectivity index (χ0v) is 34.5. The molecular weight excluding hydrogens is 764 g/mol. The first-order valence-electron chi connectivity index (χ1n) is 20.0. The average Bonchev–Trinajstić information content (AvgIpc) is 3.54. The number of hydrogen-bond acceptors (Lipinski definition) is 12. The molecule has 2 unspecified atom stereocenters. The number of carbonyl (C=O) groups excluding carboxylic acids is 6. The lowest BCUT2D eigenvalue weighted by atomic mass is 9.85. The first-order chi connectivity index (χ1) is 27.9. The Hall–Kier alpha value is -5.93. The van der Waals surface area contributed by atoms with E-state index >= 15 is 0 Å². The van der Waals surface area contributed by atoms with Gasteiger partial charge in [-0.2, -0.15) is 0 Å². The predicted octanol–water partition coefficient (Wildman–Crippen LogP) is 4.39. The Kier molecular flexibility index (Phi) is 13.7. The molecule has 3 atom stereocenters. The van der Waals surface area contributed by atoms with Crippen LogP contribution in [0, 0.1) is 11.8 Å². The fraction of sp³-hybridized carbons (Fsp3) is 0.512. The van der Waals surface area contributed by atoms with E-state index in [-0.39, 0.29) is 86.2 Å². The molecule has 16 nitrogen and oxygen atoms in total. The number of carboxylic acid groups (broad SMARTS) is 1. The van der Waals surface area contributed by atoms with Gasteiger partial charge in [0.1, 0.15) is 18.4 Å². The van der Waals surface area contributed by atoms with Crippen LogP contribution in [0.25, 0.3) is 22.3 Å². The van der Waals surface area contributed by atoms with Crippen LogP contribution in [0.1, 0.15) is 116 Å². The number of aliphatic carboxylic acids is 1. The van der Waals surface area contributed by atoms with Gasteiger partial charge in [-0.1, -0.05) is 41.5 Å². The molecule has 1 aromatic carbocycles. The van der Waals surface area contributed by atoms with E-state index in [0.29, 0.717) is 35.1 Å². The summed E-state index contributed by atoms with van der Waals surface area (Å²) >= 11 is 0. The van der Waals surface area contributed by atoms with Crippen LogP contribution in [0.3, 0.4) is 0 Å². The molecule has 5 rings (SSSR count). The quantitative estimate of drug-likeness (QED) is 0.0937. The summed E-state index contributed by atoms with van der Waals surface area (Å²) in [4.78, 5) is 107. The molecule has 4 heterocycles. The minimum atomic E-state index is -1.96. The van der Waals surface area contributed by atoms with Gasteiger partial charge < -0.3 is 34.5 Å². The van der Waals surface area contributed by atoms with Gasteiger partial charge in [-0.3, -0.25) is 28.8 Å². The number of nitrogens with one attached hydrogen (secondary N) is 2. The molecule has 2 aliphatic rings. The Bertz CT molecular complexity index is 2260. The number of benzene rings is 1. The molecule has 2 aromatic heterocycles. The molecule has 0 fully saturated rings. The van der Waals surface area contributed by atoms with Crippen LogP contribution in [0.15, 0.2) is 29.1 Å². The van der Waals surface area contributed by atoms with Crippen molar-refractivity contribution in [3.05, 3.63) is 56.9 Å². The maximum atomic E-state index is 14.1. The fourth-order valence-corrected chi connectivity index (χ4v) is 7.65. The largest absolute Gasteiger partial charge is 0.480 e. The minimum Gasteiger partial charge on any atom is -0.480 e. The maximum absolute atomic E-state index is 14.1. The summed E-state index contributed by atoms with van der Waals surface area (Å²) in [6, 6.07) is 4.78. The second-order valence-corrected chi connectivity index (χ2v) is 15.9. The topological polar surface area (TPSA) is 226 Å². The van der Waals surface area contributed by atoms with Gasteiger partial charge in [0.25, 0.3) is 5.56 Å². The monoisotopic (exact) mass is 816 g/mol. The van der Waals surface area contributed by atoms with Crippen LogP contribution in [0.5, 0.6) is 5.75 Å². The number of rotatable bonds is 18. The Morgan fingerprint density at radius 2 is 1.51 bits per heavy atom. The van der Waals surface area contributed by atoms with E-state index < -0.39 is 58.9 Å². The van der Waals surface area contributed by atoms with Crippen LogP contribution < -0.4 is 20.9 Å². The van der Waals surface area contributed by atoms with E-state index in [4.69, 9.17) is 19.2 Å². The maximum Gasteiger partial charge on any atom is 0.355 e. The van der Waals surface area contributed by atoms with E-state index in [9.17, 15) is 43.5 Å². The lowest BCUT2D eigenvalue weighted by Gasteiger charge is -2.35. The van der Waals surface area contributed by atoms with Crippen LogP contribution in [0.2, 0.25) is 0 Å². The van der Waals surface area contributed by atoms with Crippen molar-refractivity contribution >= 4 is 52.4 Å². The number of ketones is 1. The van der Waals surface area contributed by atoms with Gasteiger partial charge in [-0.05, 0) is 74.3 Å². The number of ether oxygens (including phenoxy) is 3. The smallest absolute Gasteiger partial charge is 0.355 e. The number of hydrogen-bond donors (Lipinski definition) is 3. The molecule has 0 bridgehead atoms. The lowest BCUT2D eigenvalue weighted by molar-refractivity contribution is -0.189. The molecular formula is C43H52N4O12. The number of carbonyl (C=O) groups is 7. The highest BCUT2D eigenvalue weighted by atomic mass is 16.6. The number of esters is 3. The minimum absolute atomic E-state index is 0.0405. The lowest BCUT2D eigenvalue weighted by Crippen LogP contribution is -2.47. The summed E-state index contributed by atoms with van der Waals surface area (Å²) in [5, 5.41) is 15.2. The van der Waals surface area contributed by atoms with Crippen molar-refractivity contribution < 1.29 is 52.9 Å². The Balaban J connectivity index is 1.37. The number of cyclic esters (lactones) is 1. The third-order valence-corrected chi connectivity index (χ3v) is 10.6. The first-order valence-corrected chi connectivity index (χ1v) is 20.0. The molecule has 2 aliphatic heterocycles. The van der Waals surface area contributed by atoms with Crippen molar-refractivity contribution in [1.82, 2.24) is 20.2 Å². The third-order valence-electron chi connectivity index (χ3n) is 10.6. The van der Waals surface area contributed by atoms with Crippen molar-refractivity contribution in [3.8, 4) is 17.1 Å². The number of aromatic nitrogens is 2. The summed E-state index contributed by atoms with van der Waals surface area (Å²) in [6.45, 7) is 12.3. The van der Waals surface area contributed by atoms with Gasteiger partial charge in [0, 0.05) is 29.4 Å². The summed E-state index contributed by atoms with van der Waals surface area (Å²) in [6.07, 6.45) is -0.0683. The van der Waals surface area contributed by atoms with E-state index in [1.165, 1.54) is 11.5 Å². The SMILES string of the molecule is CCc1c2c(nc3ccc(OC(=O)CCC(=O)NC(CC(C)C)C(=O)O)cc13)-c1cc3c(c(=O)n1C2)COC(=O)[C@@]3(CC)OC(=O)CCC(=O)NC(CC(C)C)C(C)=O. The fourth-order valence-electron chi connectivity index (χ4n) is 7.65. The van der Waals surface area contributed by atoms with Crippen molar-refractivity contribution in [1.29, 1.82) is 0 Å². The highest BCUT2D eigenvalue weighted by Gasteiger charge is 2.50. The van der Waals surface area contributed by atoms with Gasteiger partial charge in [-0.25, -0.2) is 14.6 Å². The number of fused-ring (bicyclic) bond motifs is 5. The van der Waals surface area contributed by atoms with Gasteiger partial charge in [0.05, 0.1) is 47.9 Å². The van der Waals surface area contributed by atoms with Gasteiger partial charge >= 0.3 is 23.9 Å². The molecule has 0 saturated heterocycles. The molecule has 3 aromatic rings. The zero-order valence-electron chi connectivity index (χ0n) is 34.5. The molecule has 316 valence electrons. The standard InChI is InChI=1S/C43H52N4O12/c1-8-26-27-18-25(58-37(51)14-12-36(50)45-33(41(54)55)17-23(5)6)10-11-31(27)46-39-28(26)20-47-34(39)19-30-29(40(47)53)21-57-42(56)43(30,9-2)59-38(52)15-13-35(49)44-32(24(7)48)16-22(3)4/h10-11,18-19,22-23,32-33H,8-9,12-17,20-21H2,1-7H3,(H,44,49)(H,45,50)(H,54,55)/t32?,33?,43-/m0/s1. The Morgan fingerprint density at radius 3 is 2.10 bits per heavy atom. The number of amides is 2. The summed E-state index contributed by atoms with van der Waals surface area (Å²) in [5.41, 5.74) is 0.951. The Labute approximate surface area is 341 Å². The van der Waals surface area contributed by atoms with E-state index in [2.05, 4.69) is 10.6 Å². The zero-order chi connectivity index (χ0) is 43.3. The predicted molar refractivity (Wildman–Crippen MR) is 213 cm³/mol. The number of carboxylic acids is 1. The van der Waals surface area contributed by atoms with Crippen molar-refractivity contribution in [2.45, 2.75) is 131 Å². The molecule has 16 heteroatoms. The normalized spacial score (nSPS) is 16.4. The van der Waals surface area contributed by atoms with E-state index in [1.54, 1.807) is 31.2 Å². The van der Waals surface area contributed by atoms with Gasteiger partial charge in [0.2, 0.25) is 17.4 Å². The number of nitrogens with zero attached hydrogens (tertiary/aromatic N) is 2. The van der Waals surface area contributed by atoms with Crippen molar-refractivity contribution in [3.63, 3.8) is 0 Å². The number of aryl methyl sites for hydroxylation is 1. The summed E-state index contributed by atoms with van der Waals surface area (Å²) < 4.78 is 18.4. The van der Waals surface area contributed by atoms with Crippen LogP contribution >= 0.6 is 0 Å². The Morgan fingerprint density at radius 1 is 0.881 bits per heavy atom. The van der Waals surface area contributed by atoms with Gasteiger partial charge in [-0.15, -0.1) is 0 Å². The van der Waals surface area contributed by atoms with Crippen LogP contribution in [-0.2, 0) is 68.2 Å². The molecule has 3 N–H and O–H groups in total. The second kappa shape index (κ2) is 18.3. The molecule has 0 spiro atoms. The van der Waals surface area contributed by atoms with Crippen molar-refractivity contribution in [2.24, 2.45) is 11.8 Å². The number of pyridine rings is 2. The average molecular weight is 817 g/mol. The summed E-state index contributed by atoms with van der Waals surface area (Å²) in [7, 11) is 0. The van der Waals surface area contributed by atoms with Crippen molar-refractivity contribution in [2.75, 3.05) is 0 Å². The highest BCUT2D eigenvalue weighted by Crippen LogP contribution is 2.42. The third kappa shape index (κ3) is 9.69. The molecule has 0 radical (unpaired) electrons. The number of Topliss-reactive ketones (excluding diaryl/α,β-unsaturated/α-hetero) is 1. The highest BCUT2D eigenvalue weighted by molar-refractivity contribution is 5.92. The van der Waals surface area contributed by atoms with E-state index in [0.717, 1.165) is 11.1 Å².